The summed E-state index contributed by atoms with van der Waals surface area (Å²) in [7, 11) is 1.61. The fourth-order valence-corrected chi connectivity index (χ4v) is 4.32. The third kappa shape index (κ3) is 3.52. The van der Waals surface area contributed by atoms with Crippen molar-refractivity contribution in [2.24, 2.45) is 0 Å². The topological polar surface area (TPSA) is 41.6 Å². The van der Waals surface area contributed by atoms with Gasteiger partial charge < -0.3 is 10.1 Å². The molecule has 0 aliphatic carbocycles. The quantitative estimate of drug-likeness (QED) is 0.907. The molecule has 2 bridgehead atoms. The van der Waals surface area contributed by atoms with E-state index in [2.05, 4.69) is 17.1 Å². The zero-order chi connectivity index (χ0) is 16.2. The van der Waals surface area contributed by atoms with E-state index in [1.165, 1.54) is 32.2 Å². The molecule has 0 aromatic heterocycles. The third-order valence-electron chi connectivity index (χ3n) is 5.29. The van der Waals surface area contributed by atoms with E-state index in [9.17, 15) is 4.79 Å². The van der Waals surface area contributed by atoms with Crippen LogP contribution < -0.4 is 10.1 Å². The van der Waals surface area contributed by atoms with Crippen LogP contribution in [0.1, 0.15) is 55.8 Å². The van der Waals surface area contributed by atoms with Crippen LogP contribution in [-0.4, -0.2) is 42.6 Å². The second kappa shape index (κ2) is 7.35. The number of benzene rings is 1. The molecule has 0 spiro atoms. The summed E-state index contributed by atoms with van der Waals surface area (Å²) in [5.74, 6) is 0.642. The number of hydrogen-bond acceptors (Lipinski definition) is 3. The van der Waals surface area contributed by atoms with Crippen LogP contribution in [0.2, 0.25) is 0 Å². The number of nitrogens with zero attached hydrogens (tertiary/aromatic N) is 1. The lowest BCUT2D eigenvalue weighted by molar-refractivity contribution is 0.0244. The highest BCUT2D eigenvalue weighted by molar-refractivity contribution is 5.97. The van der Waals surface area contributed by atoms with Crippen molar-refractivity contribution in [2.45, 2.75) is 63.6 Å². The smallest absolute Gasteiger partial charge is 0.255 e. The second-order valence-electron chi connectivity index (χ2n) is 6.82. The van der Waals surface area contributed by atoms with Gasteiger partial charge in [-0.25, -0.2) is 0 Å². The molecular formula is C19H28N2O2. The minimum Gasteiger partial charge on any atom is -0.496 e. The molecule has 2 heterocycles. The summed E-state index contributed by atoms with van der Waals surface area (Å²) >= 11 is 0. The molecule has 2 aliphatic rings. The number of ether oxygens (including phenoxy) is 1. The lowest BCUT2D eigenvalue weighted by Gasteiger charge is -2.49. The molecule has 3 atom stereocenters. The molecule has 1 amide bonds. The summed E-state index contributed by atoms with van der Waals surface area (Å²) in [4.78, 5) is 15.3. The van der Waals surface area contributed by atoms with Crippen molar-refractivity contribution in [2.75, 3.05) is 13.7 Å². The first-order chi connectivity index (χ1) is 11.2. The average molecular weight is 316 g/mol. The molecule has 1 unspecified atom stereocenters. The maximum Gasteiger partial charge on any atom is 0.255 e. The Morgan fingerprint density at radius 1 is 1.26 bits per heavy atom. The van der Waals surface area contributed by atoms with E-state index in [0.717, 1.165) is 12.8 Å². The van der Waals surface area contributed by atoms with Gasteiger partial charge >= 0.3 is 0 Å². The van der Waals surface area contributed by atoms with Crippen molar-refractivity contribution in [1.29, 1.82) is 0 Å². The molecule has 126 valence electrons. The maximum atomic E-state index is 12.6. The number of carbonyl (C=O) groups is 1. The number of rotatable bonds is 5. The number of methoxy groups -OCH3 is 1. The van der Waals surface area contributed by atoms with Gasteiger partial charge in [-0.3, -0.25) is 9.69 Å². The predicted molar refractivity (Wildman–Crippen MR) is 91.9 cm³/mol. The Bertz CT molecular complexity index is 532. The van der Waals surface area contributed by atoms with Crippen molar-refractivity contribution < 1.29 is 9.53 Å². The van der Waals surface area contributed by atoms with Gasteiger partial charge in [-0.1, -0.05) is 25.5 Å². The Morgan fingerprint density at radius 3 is 2.61 bits per heavy atom. The predicted octanol–water partition coefficient (Wildman–Crippen LogP) is 3.22. The van der Waals surface area contributed by atoms with Crippen LogP contribution in [0.15, 0.2) is 24.3 Å². The van der Waals surface area contributed by atoms with E-state index in [4.69, 9.17) is 4.74 Å². The van der Waals surface area contributed by atoms with Crippen LogP contribution in [-0.2, 0) is 0 Å². The van der Waals surface area contributed by atoms with Crippen molar-refractivity contribution >= 4 is 5.91 Å². The van der Waals surface area contributed by atoms with Crippen LogP contribution >= 0.6 is 0 Å². The van der Waals surface area contributed by atoms with E-state index >= 15 is 0 Å². The van der Waals surface area contributed by atoms with Crippen LogP contribution in [0.3, 0.4) is 0 Å². The summed E-state index contributed by atoms with van der Waals surface area (Å²) in [6, 6.07) is 9.03. The summed E-state index contributed by atoms with van der Waals surface area (Å²) in [6.45, 7) is 3.45. The van der Waals surface area contributed by atoms with Crippen molar-refractivity contribution in [3.8, 4) is 5.75 Å². The normalized spacial score (nSPS) is 27.5. The van der Waals surface area contributed by atoms with Gasteiger partial charge in [0.2, 0.25) is 0 Å². The zero-order valence-corrected chi connectivity index (χ0v) is 14.3. The summed E-state index contributed by atoms with van der Waals surface area (Å²) < 4.78 is 5.31. The lowest BCUT2D eigenvalue weighted by atomic mass is 9.81. The standard InChI is InChI=1S/C19H28N2O2/c1-3-11-21-15-7-6-8-16(21)13-14(12-15)20-19(22)17-9-4-5-10-18(17)23-2/h4-5,9-10,14-16H,3,6-8,11-13H2,1-2H3,(H,20,22)/t14?,15-,16+. The van der Waals surface area contributed by atoms with Gasteiger partial charge in [-0.15, -0.1) is 0 Å². The van der Waals surface area contributed by atoms with Crippen LogP contribution in [0.25, 0.3) is 0 Å². The van der Waals surface area contributed by atoms with E-state index in [0.29, 0.717) is 23.4 Å². The Labute approximate surface area is 139 Å². The molecule has 23 heavy (non-hydrogen) atoms. The van der Waals surface area contributed by atoms with Crippen LogP contribution in [0, 0.1) is 0 Å². The number of carbonyl (C=O) groups excluding carboxylic acids is 1. The Morgan fingerprint density at radius 2 is 1.96 bits per heavy atom. The lowest BCUT2D eigenvalue weighted by Crippen LogP contribution is -2.57. The zero-order valence-electron chi connectivity index (χ0n) is 14.3. The van der Waals surface area contributed by atoms with Gasteiger partial charge in [0.1, 0.15) is 5.75 Å². The molecular weight excluding hydrogens is 288 g/mol. The molecule has 3 rings (SSSR count). The van der Waals surface area contributed by atoms with E-state index < -0.39 is 0 Å². The Balaban J connectivity index is 1.66. The van der Waals surface area contributed by atoms with Crippen LogP contribution in [0.4, 0.5) is 0 Å². The monoisotopic (exact) mass is 316 g/mol. The van der Waals surface area contributed by atoms with Gasteiger partial charge in [-0.2, -0.15) is 0 Å². The Kier molecular flexibility index (Phi) is 5.21. The van der Waals surface area contributed by atoms with Crippen molar-refractivity contribution in [3.63, 3.8) is 0 Å². The minimum atomic E-state index is -0.00513. The summed E-state index contributed by atoms with van der Waals surface area (Å²) in [6.07, 6.45) is 7.26. The fraction of sp³-hybridized carbons (Fsp3) is 0.632. The number of piperidine rings is 2. The number of fused-ring (bicyclic) bond motifs is 2. The number of amides is 1. The molecule has 0 saturated carbocycles. The molecule has 2 fully saturated rings. The minimum absolute atomic E-state index is 0.00513. The number of para-hydroxylation sites is 1. The van der Waals surface area contributed by atoms with Crippen LogP contribution in [0.5, 0.6) is 5.75 Å². The molecule has 2 aliphatic heterocycles. The summed E-state index contributed by atoms with van der Waals surface area (Å²) in [5.41, 5.74) is 0.635. The van der Waals surface area contributed by atoms with Crippen molar-refractivity contribution in [3.05, 3.63) is 29.8 Å². The summed E-state index contributed by atoms with van der Waals surface area (Å²) in [5, 5.41) is 3.26. The first-order valence-electron chi connectivity index (χ1n) is 8.92. The van der Waals surface area contributed by atoms with Gasteiger partial charge in [0.15, 0.2) is 0 Å². The second-order valence-corrected chi connectivity index (χ2v) is 6.82. The first-order valence-corrected chi connectivity index (χ1v) is 8.92. The average Bonchev–Trinajstić information content (AvgIpc) is 2.55. The highest BCUT2D eigenvalue weighted by Crippen LogP contribution is 2.34. The number of hydrogen-bond donors (Lipinski definition) is 1. The molecule has 1 aromatic rings. The molecule has 2 saturated heterocycles. The molecule has 0 radical (unpaired) electrons. The van der Waals surface area contributed by atoms with E-state index in [1.807, 2.05) is 24.3 Å². The van der Waals surface area contributed by atoms with Crippen molar-refractivity contribution in [1.82, 2.24) is 10.2 Å². The fourth-order valence-electron chi connectivity index (χ4n) is 4.32. The maximum absolute atomic E-state index is 12.6. The highest BCUT2D eigenvalue weighted by Gasteiger charge is 2.38. The first kappa shape index (κ1) is 16.3. The molecule has 4 heteroatoms. The molecule has 1 N–H and O–H groups in total. The largest absolute Gasteiger partial charge is 0.496 e. The van der Waals surface area contributed by atoms with Gasteiger partial charge in [0.05, 0.1) is 12.7 Å². The molecule has 1 aromatic carbocycles. The van der Waals surface area contributed by atoms with Gasteiger partial charge in [0.25, 0.3) is 5.91 Å². The Hall–Kier alpha value is -1.55. The third-order valence-corrected chi connectivity index (χ3v) is 5.29. The molecule has 4 nitrogen and oxygen atoms in total. The van der Waals surface area contributed by atoms with E-state index in [-0.39, 0.29) is 11.9 Å². The SMILES string of the molecule is CCCN1[C@@H]2CCC[C@H]1CC(NC(=O)c1ccccc1OC)C2. The van der Waals surface area contributed by atoms with Gasteiger partial charge in [-0.05, 0) is 50.8 Å². The highest BCUT2D eigenvalue weighted by atomic mass is 16.5. The number of nitrogens with one attached hydrogen (secondary N) is 1. The van der Waals surface area contributed by atoms with E-state index in [1.54, 1.807) is 7.11 Å². The van der Waals surface area contributed by atoms with Gasteiger partial charge in [0, 0.05) is 18.1 Å².